The Morgan fingerprint density at radius 1 is 1.35 bits per heavy atom. The molecule has 1 aromatic carbocycles. The number of hydrogen-bond acceptors (Lipinski definition) is 6. The number of rotatable bonds is 6. The molecule has 1 aliphatic rings. The van der Waals surface area contributed by atoms with Crippen LogP contribution in [0, 0.1) is 5.92 Å². The zero-order chi connectivity index (χ0) is 18.5. The molecule has 1 aromatic heterocycles. The number of anilines is 1. The summed E-state index contributed by atoms with van der Waals surface area (Å²) >= 11 is 1.05. The van der Waals surface area contributed by atoms with E-state index < -0.39 is 11.9 Å². The van der Waals surface area contributed by atoms with Gasteiger partial charge in [-0.05, 0) is 12.0 Å². The number of benzene rings is 1. The number of carbonyl (C=O) groups is 3. The Hall–Kier alpha value is -2.74. The lowest BCUT2D eigenvalue weighted by Gasteiger charge is -2.16. The van der Waals surface area contributed by atoms with Crippen molar-refractivity contribution in [3.05, 3.63) is 47.0 Å². The summed E-state index contributed by atoms with van der Waals surface area (Å²) in [6.45, 7) is 0.989. The molecule has 0 spiro atoms. The highest BCUT2D eigenvalue weighted by molar-refractivity contribution is 7.17. The third kappa shape index (κ3) is 4.26. The maximum Gasteiger partial charge on any atom is 0.349 e. The number of nitrogens with one attached hydrogen (secondary N) is 1. The van der Waals surface area contributed by atoms with Gasteiger partial charge in [0.2, 0.25) is 11.8 Å². The Morgan fingerprint density at radius 3 is 2.85 bits per heavy atom. The van der Waals surface area contributed by atoms with Gasteiger partial charge < -0.3 is 15.0 Å². The first kappa shape index (κ1) is 18.1. The molecule has 7 nitrogen and oxygen atoms in total. The highest BCUT2D eigenvalue weighted by Crippen LogP contribution is 2.23. The standard InChI is InChI=1S/C18H19N3O4S/c1-25-17(24)14-10-19-18(26-14)20-16(23)13-9-15(22)21(11-13)8-7-12-5-3-2-4-6-12/h2-6,10,13H,7-9,11H2,1H3,(H,19,20,23). The number of hydrogen-bond donors (Lipinski definition) is 1. The predicted molar refractivity (Wildman–Crippen MR) is 96.9 cm³/mol. The van der Waals surface area contributed by atoms with Gasteiger partial charge in [-0.2, -0.15) is 0 Å². The molecule has 1 atom stereocenters. The molecule has 3 rings (SSSR count). The first-order valence-corrected chi connectivity index (χ1v) is 9.05. The molecule has 1 unspecified atom stereocenters. The molecule has 1 N–H and O–H groups in total. The van der Waals surface area contributed by atoms with Gasteiger partial charge in [-0.15, -0.1) is 0 Å². The zero-order valence-electron chi connectivity index (χ0n) is 14.3. The van der Waals surface area contributed by atoms with Gasteiger partial charge in [-0.25, -0.2) is 9.78 Å². The highest BCUT2D eigenvalue weighted by Gasteiger charge is 2.34. The Kier molecular flexibility index (Phi) is 5.62. The van der Waals surface area contributed by atoms with Crippen molar-refractivity contribution in [1.29, 1.82) is 0 Å². The summed E-state index contributed by atoms with van der Waals surface area (Å²) in [5, 5.41) is 3.00. The molecule has 0 bridgehead atoms. The van der Waals surface area contributed by atoms with Crippen LogP contribution in [-0.4, -0.2) is 47.9 Å². The van der Waals surface area contributed by atoms with Crippen molar-refractivity contribution < 1.29 is 19.1 Å². The van der Waals surface area contributed by atoms with Gasteiger partial charge >= 0.3 is 5.97 Å². The van der Waals surface area contributed by atoms with Gasteiger partial charge in [0.25, 0.3) is 0 Å². The van der Waals surface area contributed by atoms with Crippen LogP contribution in [0.5, 0.6) is 0 Å². The molecule has 26 heavy (non-hydrogen) atoms. The molecule has 0 radical (unpaired) electrons. The molecule has 0 aliphatic carbocycles. The molecule has 0 saturated carbocycles. The largest absolute Gasteiger partial charge is 0.465 e. The van der Waals surface area contributed by atoms with E-state index in [-0.39, 0.29) is 18.2 Å². The van der Waals surface area contributed by atoms with Crippen molar-refractivity contribution in [2.75, 3.05) is 25.5 Å². The monoisotopic (exact) mass is 373 g/mol. The van der Waals surface area contributed by atoms with Gasteiger partial charge in [0.1, 0.15) is 4.88 Å². The molecule has 2 heterocycles. The predicted octanol–water partition coefficient (Wildman–Crippen LogP) is 1.96. The lowest BCUT2D eigenvalue weighted by molar-refractivity contribution is -0.128. The van der Waals surface area contributed by atoms with E-state index in [2.05, 4.69) is 15.0 Å². The van der Waals surface area contributed by atoms with Crippen LogP contribution < -0.4 is 5.32 Å². The summed E-state index contributed by atoms with van der Waals surface area (Å²) in [6.07, 6.45) is 2.31. The van der Waals surface area contributed by atoms with Crippen LogP contribution >= 0.6 is 11.3 Å². The van der Waals surface area contributed by atoms with E-state index in [9.17, 15) is 14.4 Å². The Bertz CT molecular complexity index is 806. The highest BCUT2D eigenvalue weighted by atomic mass is 32.1. The molecule has 136 valence electrons. The smallest absolute Gasteiger partial charge is 0.349 e. The number of carbonyl (C=O) groups excluding carboxylic acids is 3. The summed E-state index contributed by atoms with van der Waals surface area (Å²) in [7, 11) is 1.29. The lowest BCUT2D eigenvalue weighted by atomic mass is 10.1. The van der Waals surface area contributed by atoms with Crippen LogP contribution in [0.15, 0.2) is 36.5 Å². The van der Waals surface area contributed by atoms with E-state index in [1.54, 1.807) is 4.90 Å². The van der Waals surface area contributed by atoms with E-state index in [1.165, 1.54) is 13.3 Å². The minimum Gasteiger partial charge on any atom is -0.465 e. The second-order valence-electron chi connectivity index (χ2n) is 5.99. The van der Waals surface area contributed by atoms with Crippen LogP contribution in [0.2, 0.25) is 0 Å². The minimum atomic E-state index is -0.494. The van der Waals surface area contributed by atoms with Crippen molar-refractivity contribution in [3.8, 4) is 0 Å². The fourth-order valence-electron chi connectivity index (χ4n) is 2.81. The first-order valence-electron chi connectivity index (χ1n) is 8.23. The van der Waals surface area contributed by atoms with Gasteiger partial charge in [-0.3, -0.25) is 9.59 Å². The summed E-state index contributed by atoms with van der Waals surface area (Å²) in [5.41, 5.74) is 1.16. The van der Waals surface area contributed by atoms with Crippen LogP contribution in [0.3, 0.4) is 0 Å². The normalized spacial score (nSPS) is 16.6. The van der Waals surface area contributed by atoms with Crippen LogP contribution in [0.4, 0.5) is 5.13 Å². The number of nitrogens with zero attached hydrogens (tertiary/aromatic N) is 2. The molecule has 8 heteroatoms. The quantitative estimate of drug-likeness (QED) is 0.782. The molecular formula is C18H19N3O4S. The second kappa shape index (κ2) is 8.09. The van der Waals surface area contributed by atoms with Gasteiger partial charge in [0, 0.05) is 19.5 Å². The van der Waals surface area contributed by atoms with Gasteiger partial charge in [0.15, 0.2) is 5.13 Å². The fraction of sp³-hybridized carbons (Fsp3) is 0.333. The Labute approximate surface area is 155 Å². The number of amides is 2. The molecule has 1 fully saturated rings. The number of aromatic nitrogens is 1. The average Bonchev–Trinajstić information content (AvgIpc) is 3.27. The van der Waals surface area contributed by atoms with E-state index >= 15 is 0 Å². The number of thiazole rings is 1. The number of esters is 1. The SMILES string of the molecule is COC(=O)c1cnc(NC(=O)C2CC(=O)N(CCc3ccccc3)C2)s1. The second-order valence-corrected chi connectivity index (χ2v) is 7.02. The average molecular weight is 373 g/mol. The van der Waals surface area contributed by atoms with Crippen molar-refractivity contribution in [2.45, 2.75) is 12.8 Å². The lowest BCUT2D eigenvalue weighted by Crippen LogP contribution is -2.30. The third-order valence-corrected chi connectivity index (χ3v) is 5.11. The maximum atomic E-state index is 12.4. The van der Waals surface area contributed by atoms with Crippen LogP contribution in [0.25, 0.3) is 0 Å². The zero-order valence-corrected chi connectivity index (χ0v) is 15.1. The molecular weight excluding hydrogens is 354 g/mol. The number of likely N-dealkylation sites (tertiary alicyclic amines) is 1. The minimum absolute atomic E-state index is 0.0181. The summed E-state index contributed by atoms with van der Waals surface area (Å²) < 4.78 is 4.61. The van der Waals surface area contributed by atoms with Crippen molar-refractivity contribution >= 4 is 34.3 Å². The summed E-state index contributed by atoms with van der Waals surface area (Å²) in [4.78, 5) is 42.0. The van der Waals surface area contributed by atoms with E-state index in [4.69, 9.17) is 0 Å². The topological polar surface area (TPSA) is 88.6 Å². The van der Waals surface area contributed by atoms with Crippen LogP contribution in [0.1, 0.15) is 21.7 Å². The fourth-order valence-corrected chi connectivity index (χ4v) is 3.54. The van der Waals surface area contributed by atoms with Crippen molar-refractivity contribution in [2.24, 2.45) is 5.92 Å². The van der Waals surface area contributed by atoms with E-state index in [0.717, 1.165) is 23.3 Å². The Balaban J connectivity index is 1.53. The summed E-state index contributed by atoms with van der Waals surface area (Å²) in [6, 6.07) is 9.93. The number of methoxy groups -OCH3 is 1. The van der Waals surface area contributed by atoms with Gasteiger partial charge in [-0.1, -0.05) is 41.7 Å². The first-order chi connectivity index (χ1) is 12.6. The van der Waals surface area contributed by atoms with Crippen molar-refractivity contribution in [1.82, 2.24) is 9.88 Å². The summed E-state index contributed by atoms with van der Waals surface area (Å²) in [5.74, 6) is -1.18. The van der Waals surface area contributed by atoms with Crippen LogP contribution in [-0.2, 0) is 20.7 Å². The molecule has 1 aliphatic heterocycles. The molecule has 2 aromatic rings. The third-order valence-electron chi connectivity index (χ3n) is 4.22. The number of ether oxygens (including phenoxy) is 1. The Morgan fingerprint density at radius 2 is 2.12 bits per heavy atom. The van der Waals surface area contributed by atoms with E-state index in [0.29, 0.717) is 23.1 Å². The molecule has 2 amide bonds. The maximum absolute atomic E-state index is 12.4. The van der Waals surface area contributed by atoms with E-state index in [1.807, 2.05) is 30.3 Å². The molecule has 1 saturated heterocycles. The van der Waals surface area contributed by atoms with Crippen molar-refractivity contribution in [3.63, 3.8) is 0 Å². The van der Waals surface area contributed by atoms with Gasteiger partial charge in [0.05, 0.1) is 19.2 Å².